The van der Waals surface area contributed by atoms with Gasteiger partial charge in [0.15, 0.2) is 0 Å². The maximum atomic E-state index is 11.5. The van der Waals surface area contributed by atoms with Crippen molar-refractivity contribution in [3.05, 3.63) is 0 Å². The summed E-state index contributed by atoms with van der Waals surface area (Å²) in [7, 11) is 0. The highest BCUT2D eigenvalue weighted by Gasteiger charge is 2.44. The van der Waals surface area contributed by atoms with E-state index in [9.17, 15) is 14.7 Å². The van der Waals surface area contributed by atoms with Crippen molar-refractivity contribution >= 4 is 11.7 Å². The Labute approximate surface area is 82.9 Å². The number of carbonyl (C=O) groups is 2. The fourth-order valence-electron chi connectivity index (χ4n) is 2.61. The Morgan fingerprint density at radius 2 is 2.29 bits per heavy atom. The van der Waals surface area contributed by atoms with Gasteiger partial charge in [-0.25, -0.2) is 0 Å². The molecule has 2 heterocycles. The van der Waals surface area contributed by atoms with Gasteiger partial charge in [0.25, 0.3) is 5.91 Å². The van der Waals surface area contributed by atoms with Gasteiger partial charge in [0.1, 0.15) is 11.9 Å². The van der Waals surface area contributed by atoms with Gasteiger partial charge < -0.3 is 10.0 Å². The molecule has 2 aliphatic rings. The molecule has 4 nitrogen and oxygen atoms in total. The Morgan fingerprint density at radius 1 is 1.57 bits per heavy atom. The highest BCUT2D eigenvalue weighted by molar-refractivity contribution is 5.87. The van der Waals surface area contributed by atoms with Gasteiger partial charge in [-0.1, -0.05) is 0 Å². The molecule has 78 valence electrons. The van der Waals surface area contributed by atoms with E-state index in [4.69, 9.17) is 0 Å². The van der Waals surface area contributed by atoms with Gasteiger partial charge in [0.2, 0.25) is 0 Å². The minimum atomic E-state index is -0.960. The molecule has 0 saturated carbocycles. The van der Waals surface area contributed by atoms with Crippen LogP contribution in [0.3, 0.4) is 0 Å². The summed E-state index contributed by atoms with van der Waals surface area (Å²) in [5.41, 5.74) is 0. The maximum Gasteiger partial charge on any atom is 0.251 e. The zero-order chi connectivity index (χ0) is 10.3. The average molecular weight is 197 g/mol. The second-order valence-electron chi connectivity index (χ2n) is 4.21. The highest BCUT2D eigenvalue weighted by Crippen LogP contribution is 2.32. The smallest absolute Gasteiger partial charge is 0.251 e. The summed E-state index contributed by atoms with van der Waals surface area (Å²) in [6.45, 7) is 2.24. The molecule has 2 aliphatic heterocycles. The largest absolute Gasteiger partial charge is 0.383 e. The fourth-order valence-corrected chi connectivity index (χ4v) is 2.61. The standard InChI is InChI=1S/C10H15NO3/c1-6(12)7-5-9(13)10(14)11-4-2-3-8(7)11/h7-9,13H,2-5H2,1H3/t7-,8-,9-/m1/s1. The summed E-state index contributed by atoms with van der Waals surface area (Å²) < 4.78 is 0. The molecule has 0 aromatic heterocycles. The molecule has 14 heavy (non-hydrogen) atoms. The molecule has 4 heteroatoms. The van der Waals surface area contributed by atoms with Crippen LogP contribution < -0.4 is 0 Å². The Bertz CT molecular complexity index is 277. The monoisotopic (exact) mass is 197 g/mol. The van der Waals surface area contributed by atoms with E-state index in [-0.39, 0.29) is 23.7 Å². The van der Waals surface area contributed by atoms with Crippen LogP contribution in [0.15, 0.2) is 0 Å². The Balaban J connectivity index is 2.22. The number of piperidine rings is 1. The van der Waals surface area contributed by atoms with Crippen molar-refractivity contribution in [2.24, 2.45) is 5.92 Å². The first-order chi connectivity index (χ1) is 6.61. The third kappa shape index (κ3) is 1.34. The van der Waals surface area contributed by atoms with E-state index in [1.165, 1.54) is 0 Å². The van der Waals surface area contributed by atoms with Crippen LogP contribution >= 0.6 is 0 Å². The molecule has 0 aliphatic carbocycles. The maximum absolute atomic E-state index is 11.5. The van der Waals surface area contributed by atoms with Crippen LogP contribution in [0.2, 0.25) is 0 Å². The second kappa shape index (κ2) is 3.35. The highest BCUT2D eigenvalue weighted by atomic mass is 16.3. The number of hydrogen-bond acceptors (Lipinski definition) is 3. The van der Waals surface area contributed by atoms with E-state index >= 15 is 0 Å². The van der Waals surface area contributed by atoms with Gasteiger partial charge in [0, 0.05) is 18.5 Å². The molecular weight excluding hydrogens is 182 g/mol. The second-order valence-corrected chi connectivity index (χ2v) is 4.21. The Morgan fingerprint density at radius 3 is 2.93 bits per heavy atom. The first kappa shape index (κ1) is 9.65. The molecule has 0 aromatic rings. The van der Waals surface area contributed by atoms with Crippen LogP contribution in [0.25, 0.3) is 0 Å². The number of Topliss-reactive ketones (excluding diaryl/α,β-unsaturated/α-hetero) is 1. The van der Waals surface area contributed by atoms with Crippen LogP contribution in [-0.2, 0) is 9.59 Å². The molecule has 1 N–H and O–H groups in total. The normalized spacial score (nSPS) is 37.1. The lowest BCUT2D eigenvalue weighted by Crippen LogP contribution is -2.53. The van der Waals surface area contributed by atoms with Crippen molar-refractivity contribution in [3.8, 4) is 0 Å². The summed E-state index contributed by atoms with van der Waals surface area (Å²) in [6.07, 6.45) is 1.21. The lowest BCUT2D eigenvalue weighted by atomic mass is 9.85. The molecule has 0 spiro atoms. The van der Waals surface area contributed by atoms with E-state index in [1.54, 1.807) is 11.8 Å². The van der Waals surface area contributed by atoms with Crippen molar-refractivity contribution in [2.45, 2.75) is 38.3 Å². The molecular formula is C10H15NO3. The lowest BCUT2D eigenvalue weighted by molar-refractivity contribution is -0.150. The number of rotatable bonds is 1. The number of aliphatic hydroxyl groups is 1. The zero-order valence-electron chi connectivity index (χ0n) is 8.27. The molecule has 0 radical (unpaired) electrons. The first-order valence-electron chi connectivity index (χ1n) is 5.10. The Hall–Kier alpha value is -0.900. The third-order valence-corrected chi connectivity index (χ3v) is 3.33. The number of hydrogen-bond donors (Lipinski definition) is 1. The third-order valence-electron chi connectivity index (χ3n) is 3.33. The van der Waals surface area contributed by atoms with Crippen LogP contribution in [0.4, 0.5) is 0 Å². The minimum absolute atomic E-state index is 0.0587. The predicted octanol–water partition coefficient (Wildman–Crippen LogP) is -0.0528. The minimum Gasteiger partial charge on any atom is -0.383 e. The van der Waals surface area contributed by atoms with E-state index in [0.717, 1.165) is 12.8 Å². The lowest BCUT2D eigenvalue weighted by Gasteiger charge is -2.37. The number of amides is 1. The van der Waals surface area contributed by atoms with Crippen molar-refractivity contribution in [3.63, 3.8) is 0 Å². The average Bonchev–Trinajstić information content (AvgIpc) is 2.59. The number of ketones is 1. The van der Waals surface area contributed by atoms with Crippen LogP contribution in [0, 0.1) is 5.92 Å². The SMILES string of the molecule is CC(=O)[C@H]1C[C@@H](O)C(=O)N2CCC[C@H]12. The number of carbonyl (C=O) groups excluding carboxylic acids is 2. The molecule has 0 bridgehead atoms. The Kier molecular flexibility index (Phi) is 2.31. The van der Waals surface area contributed by atoms with Crippen molar-refractivity contribution in [2.75, 3.05) is 6.54 Å². The molecule has 0 aromatic carbocycles. The van der Waals surface area contributed by atoms with E-state index in [2.05, 4.69) is 0 Å². The summed E-state index contributed by atoms with van der Waals surface area (Å²) in [5, 5.41) is 9.50. The van der Waals surface area contributed by atoms with Gasteiger partial charge in [-0.3, -0.25) is 9.59 Å². The van der Waals surface area contributed by atoms with Crippen LogP contribution in [0.5, 0.6) is 0 Å². The topological polar surface area (TPSA) is 57.6 Å². The molecule has 2 saturated heterocycles. The van der Waals surface area contributed by atoms with E-state index < -0.39 is 6.10 Å². The van der Waals surface area contributed by atoms with Crippen molar-refractivity contribution in [1.82, 2.24) is 4.90 Å². The number of aliphatic hydroxyl groups excluding tert-OH is 1. The molecule has 2 fully saturated rings. The molecule has 0 unspecified atom stereocenters. The molecule has 2 rings (SSSR count). The predicted molar refractivity (Wildman–Crippen MR) is 49.5 cm³/mol. The van der Waals surface area contributed by atoms with Crippen LogP contribution in [-0.4, -0.2) is 40.4 Å². The molecule has 3 atom stereocenters. The fraction of sp³-hybridized carbons (Fsp3) is 0.800. The van der Waals surface area contributed by atoms with Gasteiger partial charge in [-0.05, 0) is 26.2 Å². The van der Waals surface area contributed by atoms with Crippen molar-refractivity contribution < 1.29 is 14.7 Å². The summed E-state index contributed by atoms with van der Waals surface area (Å²) in [6, 6.07) is 0.0587. The summed E-state index contributed by atoms with van der Waals surface area (Å²) in [4.78, 5) is 24.6. The van der Waals surface area contributed by atoms with Gasteiger partial charge in [-0.15, -0.1) is 0 Å². The van der Waals surface area contributed by atoms with Gasteiger partial charge in [-0.2, -0.15) is 0 Å². The number of fused-ring (bicyclic) bond motifs is 1. The van der Waals surface area contributed by atoms with E-state index in [0.29, 0.717) is 13.0 Å². The van der Waals surface area contributed by atoms with Gasteiger partial charge in [0.05, 0.1) is 0 Å². The zero-order valence-corrected chi connectivity index (χ0v) is 8.27. The van der Waals surface area contributed by atoms with Gasteiger partial charge >= 0.3 is 0 Å². The molecule has 1 amide bonds. The number of nitrogens with zero attached hydrogens (tertiary/aromatic N) is 1. The van der Waals surface area contributed by atoms with E-state index in [1.807, 2.05) is 0 Å². The first-order valence-corrected chi connectivity index (χ1v) is 5.10. The summed E-state index contributed by atoms with van der Waals surface area (Å²) in [5.74, 6) is -0.247. The van der Waals surface area contributed by atoms with Crippen molar-refractivity contribution in [1.29, 1.82) is 0 Å². The quantitative estimate of drug-likeness (QED) is 0.641. The van der Waals surface area contributed by atoms with Crippen LogP contribution in [0.1, 0.15) is 26.2 Å². The summed E-state index contributed by atoms with van der Waals surface area (Å²) >= 11 is 0.